The molecule has 0 atom stereocenters. The third kappa shape index (κ3) is 7.23. The minimum atomic E-state index is -2.40. The molecule has 0 aromatic heterocycles. The molecule has 0 unspecified atom stereocenters. The molecule has 19 heavy (non-hydrogen) atoms. The van der Waals surface area contributed by atoms with Gasteiger partial charge in [-0.1, -0.05) is 18.2 Å². The van der Waals surface area contributed by atoms with Gasteiger partial charge in [0.05, 0.1) is 6.10 Å². The highest BCUT2D eigenvalue weighted by molar-refractivity contribution is 5.24. The number of hydrogen-bond acceptors (Lipinski definition) is 2. The van der Waals surface area contributed by atoms with Crippen LogP contribution in [0.2, 0.25) is 0 Å². The molecular formula is C15H23F2NO. The second-order valence-corrected chi connectivity index (χ2v) is 4.85. The van der Waals surface area contributed by atoms with Crippen LogP contribution in [-0.2, 0) is 11.3 Å². The van der Waals surface area contributed by atoms with Gasteiger partial charge in [-0.15, -0.1) is 0 Å². The normalized spacial score (nSPS) is 11.5. The van der Waals surface area contributed by atoms with E-state index in [2.05, 4.69) is 5.32 Å². The first-order valence-electron chi connectivity index (χ1n) is 6.79. The lowest BCUT2D eigenvalue weighted by atomic mass is 10.1. The fourth-order valence-electron chi connectivity index (χ4n) is 1.74. The van der Waals surface area contributed by atoms with Gasteiger partial charge in [-0.3, -0.25) is 0 Å². The van der Waals surface area contributed by atoms with E-state index < -0.39 is 6.43 Å². The molecule has 4 heteroatoms. The summed E-state index contributed by atoms with van der Waals surface area (Å²) in [6.07, 6.45) is -0.0676. The van der Waals surface area contributed by atoms with Crippen LogP contribution in [0, 0.1) is 0 Å². The monoisotopic (exact) mass is 271 g/mol. The van der Waals surface area contributed by atoms with E-state index in [1.54, 1.807) is 12.1 Å². The summed E-state index contributed by atoms with van der Waals surface area (Å²) in [6.45, 7) is 6.33. The summed E-state index contributed by atoms with van der Waals surface area (Å²) in [5.74, 6) is 0. The average molecular weight is 271 g/mol. The SMILES string of the molecule is CC(C)OCCCCNCc1cccc(C(F)F)c1. The molecule has 0 aliphatic carbocycles. The van der Waals surface area contributed by atoms with Crippen LogP contribution < -0.4 is 5.32 Å². The molecule has 0 bridgehead atoms. The fraction of sp³-hybridized carbons (Fsp3) is 0.600. The minimum Gasteiger partial charge on any atom is -0.379 e. The Kier molecular flexibility index (Phi) is 7.60. The molecule has 1 aromatic rings. The van der Waals surface area contributed by atoms with E-state index in [9.17, 15) is 8.78 Å². The highest BCUT2D eigenvalue weighted by atomic mass is 19.3. The van der Waals surface area contributed by atoms with Crippen molar-refractivity contribution in [1.82, 2.24) is 5.32 Å². The Labute approximate surface area is 114 Å². The molecule has 0 aliphatic heterocycles. The molecule has 108 valence electrons. The molecular weight excluding hydrogens is 248 g/mol. The zero-order valence-electron chi connectivity index (χ0n) is 11.7. The third-order valence-corrected chi connectivity index (χ3v) is 2.73. The van der Waals surface area contributed by atoms with Crippen LogP contribution in [0.1, 0.15) is 44.2 Å². The first-order chi connectivity index (χ1) is 9.09. The van der Waals surface area contributed by atoms with Crippen LogP contribution >= 0.6 is 0 Å². The Balaban J connectivity index is 2.14. The van der Waals surface area contributed by atoms with E-state index in [0.717, 1.165) is 31.6 Å². The molecule has 0 saturated heterocycles. The zero-order valence-corrected chi connectivity index (χ0v) is 11.7. The van der Waals surface area contributed by atoms with Crippen molar-refractivity contribution in [1.29, 1.82) is 0 Å². The second-order valence-electron chi connectivity index (χ2n) is 4.85. The number of unbranched alkanes of at least 4 members (excludes halogenated alkanes) is 1. The Hall–Kier alpha value is -1.00. The van der Waals surface area contributed by atoms with Gasteiger partial charge in [-0.25, -0.2) is 8.78 Å². The van der Waals surface area contributed by atoms with Crippen LogP contribution in [0.15, 0.2) is 24.3 Å². The Morgan fingerprint density at radius 1 is 1.21 bits per heavy atom. The van der Waals surface area contributed by atoms with Gasteiger partial charge in [0.2, 0.25) is 0 Å². The lowest BCUT2D eigenvalue weighted by Gasteiger charge is -2.08. The van der Waals surface area contributed by atoms with Gasteiger partial charge in [0.1, 0.15) is 0 Å². The first kappa shape index (κ1) is 16.1. The second kappa shape index (κ2) is 8.99. The number of nitrogens with one attached hydrogen (secondary N) is 1. The summed E-state index contributed by atoms with van der Waals surface area (Å²) in [4.78, 5) is 0. The van der Waals surface area contributed by atoms with Crippen molar-refractivity contribution in [2.75, 3.05) is 13.2 Å². The summed E-state index contributed by atoms with van der Waals surface area (Å²) >= 11 is 0. The lowest BCUT2D eigenvalue weighted by molar-refractivity contribution is 0.0760. The largest absolute Gasteiger partial charge is 0.379 e. The number of ether oxygens (including phenoxy) is 1. The smallest absolute Gasteiger partial charge is 0.263 e. The number of alkyl halides is 2. The summed E-state index contributed by atoms with van der Waals surface area (Å²) in [5.41, 5.74) is 0.987. The fourth-order valence-corrected chi connectivity index (χ4v) is 1.74. The number of rotatable bonds is 9. The molecule has 0 saturated carbocycles. The zero-order chi connectivity index (χ0) is 14.1. The van der Waals surface area contributed by atoms with Gasteiger partial charge < -0.3 is 10.1 Å². The standard InChI is InChI=1S/C15H23F2NO/c1-12(2)19-9-4-3-8-18-11-13-6-5-7-14(10-13)15(16)17/h5-7,10,12,15,18H,3-4,8-9,11H2,1-2H3. The maximum Gasteiger partial charge on any atom is 0.263 e. The van der Waals surface area contributed by atoms with Crippen LogP contribution in [0.25, 0.3) is 0 Å². The van der Waals surface area contributed by atoms with E-state index >= 15 is 0 Å². The van der Waals surface area contributed by atoms with Crippen LogP contribution in [0.5, 0.6) is 0 Å². The predicted molar refractivity (Wildman–Crippen MR) is 73.4 cm³/mol. The van der Waals surface area contributed by atoms with E-state index in [0.29, 0.717) is 6.54 Å². The topological polar surface area (TPSA) is 21.3 Å². The predicted octanol–water partition coefficient (Wildman–Crippen LogP) is 3.92. The molecule has 0 radical (unpaired) electrons. The van der Waals surface area contributed by atoms with Gasteiger partial charge in [0.15, 0.2) is 0 Å². The van der Waals surface area contributed by atoms with Crippen molar-refractivity contribution in [2.45, 2.75) is 45.8 Å². The van der Waals surface area contributed by atoms with Gasteiger partial charge in [-0.05, 0) is 44.9 Å². The van der Waals surface area contributed by atoms with E-state index in [-0.39, 0.29) is 11.7 Å². The highest BCUT2D eigenvalue weighted by Gasteiger charge is 2.06. The van der Waals surface area contributed by atoms with E-state index in [4.69, 9.17) is 4.74 Å². The molecule has 0 amide bonds. The van der Waals surface area contributed by atoms with Gasteiger partial charge in [0.25, 0.3) is 6.43 Å². The van der Waals surface area contributed by atoms with Crippen molar-refractivity contribution >= 4 is 0 Å². The van der Waals surface area contributed by atoms with Gasteiger partial charge >= 0.3 is 0 Å². The molecule has 1 aromatic carbocycles. The maximum atomic E-state index is 12.5. The Bertz CT molecular complexity index is 356. The van der Waals surface area contributed by atoms with E-state index in [1.165, 1.54) is 6.07 Å². The van der Waals surface area contributed by atoms with Crippen molar-refractivity contribution in [3.8, 4) is 0 Å². The third-order valence-electron chi connectivity index (χ3n) is 2.73. The summed E-state index contributed by atoms with van der Waals surface area (Å²) in [7, 11) is 0. The average Bonchev–Trinajstić information content (AvgIpc) is 2.37. The van der Waals surface area contributed by atoms with Crippen LogP contribution in [0.4, 0.5) is 8.78 Å². The molecule has 2 nitrogen and oxygen atoms in total. The quantitative estimate of drug-likeness (QED) is 0.687. The molecule has 1 N–H and O–H groups in total. The van der Waals surface area contributed by atoms with Gasteiger partial charge in [0, 0.05) is 18.7 Å². The molecule has 0 spiro atoms. The van der Waals surface area contributed by atoms with Gasteiger partial charge in [-0.2, -0.15) is 0 Å². The maximum absolute atomic E-state index is 12.5. The lowest BCUT2D eigenvalue weighted by Crippen LogP contribution is -2.15. The Morgan fingerprint density at radius 3 is 2.68 bits per heavy atom. The molecule has 0 aliphatic rings. The van der Waals surface area contributed by atoms with Crippen LogP contribution in [-0.4, -0.2) is 19.3 Å². The minimum absolute atomic E-state index is 0.0876. The first-order valence-corrected chi connectivity index (χ1v) is 6.79. The van der Waals surface area contributed by atoms with Crippen molar-refractivity contribution in [3.05, 3.63) is 35.4 Å². The van der Waals surface area contributed by atoms with Crippen molar-refractivity contribution in [2.24, 2.45) is 0 Å². The molecule has 0 heterocycles. The van der Waals surface area contributed by atoms with E-state index in [1.807, 2.05) is 19.9 Å². The van der Waals surface area contributed by atoms with Crippen molar-refractivity contribution in [3.63, 3.8) is 0 Å². The van der Waals surface area contributed by atoms with Crippen LogP contribution in [0.3, 0.4) is 0 Å². The Morgan fingerprint density at radius 2 is 2.00 bits per heavy atom. The summed E-state index contributed by atoms with van der Waals surface area (Å²) in [6, 6.07) is 6.55. The highest BCUT2D eigenvalue weighted by Crippen LogP contribution is 2.19. The summed E-state index contributed by atoms with van der Waals surface area (Å²) < 4.78 is 30.4. The molecule has 0 fully saturated rings. The number of halogens is 2. The number of benzene rings is 1. The van der Waals surface area contributed by atoms with Crippen molar-refractivity contribution < 1.29 is 13.5 Å². The molecule has 1 rings (SSSR count). The number of hydrogen-bond donors (Lipinski definition) is 1. The summed E-state index contributed by atoms with van der Waals surface area (Å²) in [5, 5.41) is 3.26.